The van der Waals surface area contributed by atoms with Crippen molar-refractivity contribution in [3.63, 3.8) is 0 Å². The monoisotopic (exact) mass is 549 g/mol. The molecule has 4 aromatic carbocycles. The molecule has 0 aliphatic heterocycles. The van der Waals surface area contributed by atoms with Gasteiger partial charge in [-0.2, -0.15) is 0 Å². The number of para-hydroxylation sites is 1. The standard InChI is InChI=1S/C27H21Br2NO2/c1-19-7-9-20(10-8-19)18-31-27-21(15-22(28)16-26(27)29)17-30-23-11-13-25(14-12-23)32-24-5-3-2-4-6-24/h2-17H,18H2,1H3. The van der Waals surface area contributed by atoms with Crippen molar-refractivity contribution < 1.29 is 9.47 Å². The molecule has 0 aliphatic carbocycles. The minimum Gasteiger partial charge on any atom is -0.487 e. The van der Waals surface area contributed by atoms with Crippen LogP contribution < -0.4 is 9.47 Å². The minimum absolute atomic E-state index is 0.479. The van der Waals surface area contributed by atoms with Crippen LogP contribution in [0.25, 0.3) is 0 Å². The summed E-state index contributed by atoms with van der Waals surface area (Å²) in [5, 5.41) is 0. The molecule has 32 heavy (non-hydrogen) atoms. The highest BCUT2D eigenvalue weighted by atomic mass is 79.9. The van der Waals surface area contributed by atoms with Gasteiger partial charge >= 0.3 is 0 Å². The molecule has 0 unspecified atom stereocenters. The molecule has 4 aromatic rings. The van der Waals surface area contributed by atoms with Gasteiger partial charge in [0.05, 0.1) is 10.2 Å². The highest BCUT2D eigenvalue weighted by molar-refractivity contribution is 9.11. The summed E-state index contributed by atoms with van der Waals surface area (Å²) in [4.78, 5) is 4.63. The third kappa shape index (κ3) is 6.09. The molecule has 0 atom stereocenters. The SMILES string of the molecule is Cc1ccc(COc2c(Br)cc(Br)cc2C=Nc2ccc(Oc3ccccc3)cc2)cc1. The summed E-state index contributed by atoms with van der Waals surface area (Å²) in [6.07, 6.45) is 1.81. The molecule has 0 bridgehead atoms. The van der Waals surface area contributed by atoms with Crippen LogP contribution in [0.2, 0.25) is 0 Å². The van der Waals surface area contributed by atoms with Gasteiger partial charge in [-0.25, -0.2) is 0 Å². The number of hydrogen-bond acceptors (Lipinski definition) is 3. The zero-order chi connectivity index (χ0) is 22.3. The Bertz CT molecular complexity index is 1210. The molecule has 0 amide bonds. The van der Waals surface area contributed by atoms with Crippen LogP contribution in [0.1, 0.15) is 16.7 Å². The molecular formula is C27H21Br2NO2. The Morgan fingerprint density at radius 1 is 0.812 bits per heavy atom. The predicted octanol–water partition coefficient (Wildman–Crippen LogP) is 8.64. The van der Waals surface area contributed by atoms with Gasteiger partial charge in [-0.1, -0.05) is 64.0 Å². The molecule has 3 nitrogen and oxygen atoms in total. The Hall–Kier alpha value is -2.89. The van der Waals surface area contributed by atoms with Crippen molar-refractivity contribution >= 4 is 43.8 Å². The molecule has 160 valence electrons. The zero-order valence-electron chi connectivity index (χ0n) is 17.5. The second-order valence-electron chi connectivity index (χ2n) is 7.25. The van der Waals surface area contributed by atoms with E-state index in [4.69, 9.17) is 9.47 Å². The van der Waals surface area contributed by atoms with E-state index in [0.717, 1.165) is 43.0 Å². The lowest BCUT2D eigenvalue weighted by Crippen LogP contribution is -1.99. The van der Waals surface area contributed by atoms with Crippen molar-refractivity contribution in [3.05, 3.63) is 117 Å². The smallest absolute Gasteiger partial charge is 0.142 e. The molecule has 0 fully saturated rings. The van der Waals surface area contributed by atoms with E-state index in [1.165, 1.54) is 5.56 Å². The molecule has 4 rings (SSSR count). The van der Waals surface area contributed by atoms with E-state index >= 15 is 0 Å². The third-order valence-corrected chi connectivity index (χ3v) is 5.76. The molecule has 0 N–H and O–H groups in total. The molecule has 0 saturated carbocycles. The maximum absolute atomic E-state index is 6.14. The molecule has 0 saturated heterocycles. The average molecular weight is 551 g/mol. The lowest BCUT2D eigenvalue weighted by atomic mass is 10.1. The van der Waals surface area contributed by atoms with E-state index < -0.39 is 0 Å². The Morgan fingerprint density at radius 3 is 2.22 bits per heavy atom. The van der Waals surface area contributed by atoms with Crippen molar-refractivity contribution in [1.82, 2.24) is 0 Å². The fourth-order valence-corrected chi connectivity index (χ4v) is 4.41. The van der Waals surface area contributed by atoms with Gasteiger partial charge < -0.3 is 9.47 Å². The zero-order valence-corrected chi connectivity index (χ0v) is 20.6. The summed E-state index contributed by atoms with van der Waals surface area (Å²) in [5.74, 6) is 2.32. The average Bonchev–Trinajstić information content (AvgIpc) is 2.80. The fourth-order valence-electron chi connectivity index (χ4n) is 3.04. The van der Waals surface area contributed by atoms with Crippen LogP contribution in [-0.4, -0.2) is 6.21 Å². The van der Waals surface area contributed by atoms with Gasteiger partial charge in [0.15, 0.2) is 0 Å². The van der Waals surface area contributed by atoms with Crippen LogP contribution in [0, 0.1) is 6.92 Å². The van der Waals surface area contributed by atoms with Gasteiger partial charge in [0.2, 0.25) is 0 Å². The number of nitrogens with zero attached hydrogens (tertiary/aromatic N) is 1. The van der Waals surface area contributed by atoms with E-state index in [9.17, 15) is 0 Å². The largest absolute Gasteiger partial charge is 0.487 e. The summed E-state index contributed by atoms with van der Waals surface area (Å²) in [6, 6.07) is 29.7. The van der Waals surface area contributed by atoms with E-state index in [0.29, 0.717) is 6.61 Å². The van der Waals surface area contributed by atoms with Crippen molar-refractivity contribution in [2.75, 3.05) is 0 Å². The summed E-state index contributed by atoms with van der Waals surface area (Å²) < 4.78 is 13.8. The van der Waals surface area contributed by atoms with Crippen LogP contribution in [-0.2, 0) is 6.61 Å². The molecular weight excluding hydrogens is 530 g/mol. The van der Waals surface area contributed by atoms with Crippen LogP contribution >= 0.6 is 31.9 Å². The topological polar surface area (TPSA) is 30.8 Å². The Balaban J connectivity index is 1.49. The van der Waals surface area contributed by atoms with E-state index in [-0.39, 0.29) is 0 Å². The van der Waals surface area contributed by atoms with Crippen LogP contribution in [0.4, 0.5) is 5.69 Å². The predicted molar refractivity (Wildman–Crippen MR) is 138 cm³/mol. The molecule has 5 heteroatoms. The normalized spacial score (nSPS) is 11.0. The maximum Gasteiger partial charge on any atom is 0.142 e. The van der Waals surface area contributed by atoms with Crippen molar-refractivity contribution in [3.8, 4) is 17.2 Å². The van der Waals surface area contributed by atoms with Gasteiger partial charge in [-0.15, -0.1) is 0 Å². The van der Waals surface area contributed by atoms with Crippen LogP contribution in [0.5, 0.6) is 17.2 Å². The van der Waals surface area contributed by atoms with E-state index in [2.05, 4.69) is 68.0 Å². The summed E-state index contributed by atoms with van der Waals surface area (Å²) in [6.45, 7) is 2.55. The van der Waals surface area contributed by atoms with Gasteiger partial charge in [0, 0.05) is 16.3 Å². The maximum atomic E-state index is 6.14. The number of halogens is 2. The summed E-state index contributed by atoms with van der Waals surface area (Å²) in [7, 11) is 0. The first kappa shape index (κ1) is 22.3. The quantitative estimate of drug-likeness (QED) is 0.215. The van der Waals surface area contributed by atoms with Crippen molar-refractivity contribution in [1.29, 1.82) is 0 Å². The number of aryl methyl sites for hydroxylation is 1. The van der Waals surface area contributed by atoms with Crippen molar-refractivity contribution in [2.45, 2.75) is 13.5 Å². The second kappa shape index (κ2) is 10.6. The molecule has 0 spiro atoms. The van der Waals surface area contributed by atoms with Crippen molar-refractivity contribution in [2.24, 2.45) is 4.99 Å². The van der Waals surface area contributed by atoms with E-state index in [1.807, 2.05) is 72.9 Å². The summed E-state index contributed by atoms with van der Waals surface area (Å²) >= 11 is 7.17. The molecule has 0 radical (unpaired) electrons. The molecule has 0 heterocycles. The summed E-state index contributed by atoms with van der Waals surface area (Å²) in [5.41, 5.74) is 4.04. The van der Waals surface area contributed by atoms with Gasteiger partial charge in [-0.3, -0.25) is 4.99 Å². The number of benzene rings is 4. The third-order valence-electron chi connectivity index (χ3n) is 4.71. The van der Waals surface area contributed by atoms with Crippen LogP contribution in [0.3, 0.4) is 0 Å². The molecule has 0 aromatic heterocycles. The Morgan fingerprint density at radius 2 is 1.50 bits per heavy atom. The highest BCUT2D eigenvalue weighted by Gasteiger charge is 2.10. The van der Waals surface area contributed by atoms with Gasteiger partial charge in [0.1, 0.15) is 23.9 Å². The lowest BCUT2D eigenvalue weighted by Gasteiger charge is -2.12. The number of rotatable bonds is 7. The first-order valence-electron chi connectivity index (χ1n) is 10.1. The van der Waals surface area contributed by atoms with E-state index in [1.54, 1.807) is 0 Å². The number of aliphatic imine (C=N–C) groups is 1. The Kier molecular flexibility index (Phi) is 7.40. The van der Waals surface area contributed by atoms with Gasteiger partial charge in [-0.05, 0) is 76.9 Å². The molecule has 0 aliphatic rings. The first-order valence-corrected chi connectivity index (χ1v) is 11.7. The minimum atomic E-state index is 0.479. The lowest BCUT2D eigenvalue weighted by molar-refractivity contribution is 0.304. The number of ether oxygens (including phenoxy) is 2. The highest BCUT2D eigenvalue weighted by Crippen LogP contribution is 2.33. The van der Waals surface area contributed by atoms with Gasteiger partial charge in [0.25, 0.3) is 0 Å². The fraction of sp³-hybridized carbons (Fsp3) is 0.0741. The number of hydrogen-bond donors (Lipinski definition) is 0. The first-order chi connectivity index (χ1) is 15.6. The van der Waals surface area contributed by atoms with Crippen LogP contribution in [0.15, 0.2) is 105 Å². The second-order valence-corrected chi connectivity index (χ2v) is 9.02. The Labute approximate surface area is 205 Å².